The lowest BCUT2D eigenvalue weighted by molar-refractivity contribution is -0.141. The Bertz CT molecular complexity index is 784. The number of anilines is 1. The van der Waals surface area contributed by atoms with Crippen molar-refractivity contribution in [3.8, 4) is 0 Å². The van der Waals surface area contributed by atoms with Crippen LogP contribution < -0.4 is 10.2 Å². The average molecular weight is 382 g/mol. The number of hydrogen-bond acceptors (Lipinski definition) is 5. The summed E-state index contributed by atoms with van der Waals surface area (Å²) < 4.78 is 40.4. The van der Waals surface area contributed by atoms with Gasteiger partial charge in [0.15, 0.2) is 0 Å². The van der Waals surface area contributed by atoms with Crippen molar-refractivity contribution < 1.29 is 18.0 Å². The third-order valence-electron chi connectivity index (χ3n) is 4.58. The standard InChI is InChI=1S/C17H21F3N6O/c1-11(26-7-3-6-21-26)16(27)24-13-4-8-25(9-5-13)15-10-14(17(18,19)20)22-12(2)23-15/h3,6-7,10-11,13H,4-5,8-9H2,1-2H3,(H,24,27). The molecule has 1 aliphatic rings. The predicted molar refractivity (Wildman–Crippen MR) is 92.1 cm³/mol. The van der Waals surface area contributed by atoms with Gasteiger partial charge in [-0.05, 0) is 32.8 Å². The van der Waals surface area contributed by atoms with Crippen molar-refractivity contribution in [2.75, 3.05) is 18.0 Å². The molecule has 2 aromatic rings. The van der Waals surface area contributed by atoms with Gasteiger partial charge in [0.2, 0.25) is 5.91 Å². The fourth-order valence-corrected chi connectivity index (χ4v) is 3.06. The van der Waals surface area contributed by atoms with E-state index in [9.17, 15) is 18.0 Å². The highest BCUT2D eigenvalue weighted by atomic mass is 19.4. The van der Waals surface area contributed by atoms with Gasteiger partial charge in [-0.1, -0.05) is 0 Å². The van der Waals surface area contributed by atoms with Crippen molar-refractivity contribution in [2.45, 2.75) is 44.9 Å². The van der Waals surface area contributed by atoms with Gasteiger partial charge in [0.05, 0.1) is 0 Å². The first-order chi connectivity index (χ1) is 12.7. The topological polar surface area (TPSA) is 75.9 Å². The zero-order valence-corrected chi connectivity index (χ0v) is 15.1. The maximum Gasteiger partial charge on any atom is 0.433 e. The number of amides is 1. The highest BCUT2D eigenvalue weighted by Gasteiger charge is 2.34. The van der Waals surface area contributed by atoms with Crippen LogP contribution in [0.4, 0.5) is 19.0 Å². The molecule has 0 aliphatic carbocycles. The largest absolute Gasteiger partial charge is 0.433 e. The summed E-state index contributed by atoms with van der Waals surface area (Å²) in [4.78, 5) is 21.7. The minimum Gasteiger partial charge on any atom is -0.356 e. The van der Waals surface area contributed by atoms with Gasteiger partial charge in [0.1, 0.15) is 23.4 Å². The van der Waals surface area contributed by atoms with E-state index in [1.54, 1.807) is 35.0 Å². The van der Waals surface area contributed by atoms with Crippen molar-refractivity contribution in [1.82, 2.24) is 25.1 Å². The summed E-state index contributed by atoms with van der Waals surface area (Å²) in [5, 5.41) is 7.05. The molecule has 1 fully saturated rings. The number of hydrogen-bond donors (Lipinski definition) is 1. The van der Waals surface area contributed by atoms with Gasteiger partial charge in [-0.15, -0.1) is 0 Å². The smallest absolute Gasteiger partial charge is 0.356 e. The zero-order chi connectivity index (χ0) is 19.6. The molecule has 1 aliphatic heterocycles. The SMILES string of the molecule is Cc1nc(N2CCC(NC(=O)C(C)n3cccn3)CC2)cc(C(F)(F)F)n1. The lowest BCUT2D eigenvalue weighted by atomic mass is 10.0. The van der Waals surface area contributed by atoms with E-state index >= 15 is 0 Å². The van der Waals surface area contributed by atoms with Crippen LogP contribution in [0.1, 0.15) is 37.3 Å². The molecule has 1 N–H and O–H groups in total. The average Bonchev–Trinajstić information content (AvgIpc) is 3.15. The molecule has 1 atom stereocenters. The molecular weight excluding hydrogens is 361 g/mol. The van der Waals surface area contributed by atoms with Gasteiger partial charge < -0.3 is 10.2 Å². The Kier molecular flexibility index (Phi) is 5.33. The van der Waals surface area contributed by atoms with Gasteiger partial charge in [0, 0.05) is 37.6 Å². The van der Waals surface area contributed by atoms with Crippen LogP contribution in [0.5, 0.6) is 0 Å². The van der Waals surface area contributed by atoms with Gasteiger partial charge >= 0.3 is 6.18 Å². The lowest BCUT2D eigenvalue weighted by Gasteiger charge is -2.33. The molecule has 0 spiro atoms. The number of rotatable bonds is 4. The monoisotopic (exact) mass is 382 g/mol. The minimum absolute atomic E-state index is 0.0308. The number of piperidine rings is 1. The van der Waals surface area contributed by atoms with Crippen LogP contribution in [0, 0.1) is 6.92 Å². The lowest BCUT2D eigenvalue weighted by Crippen LogP contribution is -2.46. The number of nitrogens with zero attached hydrogens (tertiary/aromatic N) is 5. The van der Waals surface area contributed by atoms with Crippen molar-refractivity contribution in [3.05, 3.63) is 36.0 Å². The molecule has 0 saturated carbocycles. The van der Waals surface area contributed by atoms with E-state index in [1.807, 2.05) is 0 Å². The summed E-state index contributed by atoms with van der Waals surface area (Å²) in [6, 6.07) is 2.28. The summed E-state index contributed by atoms with van der Waals surface area (Å²) >= 11 is 0. The van der Waals surface area contributed by atoms with Crippen molar-refractivity contribution in [2.24, 2.45) is 0 Å². The number of nitrogens with one attached hydrogen (secondary N) is 1. The summed E-state index contributed by atoms with van der Waals surface area (Å²) in [6.45, 7) is 4.23. The minimum atomic E-state index is -4.50. The molecule has 3 rings (SSSR count). The maximum atomic E-state index is 12.9. The Labute approximate surface area is 154 Å². The second-order valence-electron chi connectivity index (χ2n) is 6.59. The quantitative estimate of drug-likeness (QED) is 0.879. The highest BCUT2D eigenvalue weighted by molar-refractivity contribution is 5.80. The third kappa shape index (κ3) is 4.55. The molecule has 10 heteroatoms. The first-order valence-corrected chi connectivity index (χ1v) is 8.71. The van der Waals surface area contributed by atoms with Crippen LogP contribution in [0.15, 0.2) is 24.5 Å². The molecular formula is C17H21F3N6O. The first-order valence-electron chi connectivity index (χ1n) is 8.71. The van der Waals surface area contributed by atoms with Crippen LogP contribution in [-0.4, -0.2) is 44.8 Å². The predicted octanol–water partition coefficient (Wildman–Crippen LogP) is 2.35. The fraction of sp³-hybridized carbons (Fsp3) is 0.529. The Morgan fingerprint density at radius 1 is 1.30 bits per heavy atom. The van der Waals surface area contributed by atoms with Gasteiger partial charge in [-0.25, -0.2) is 9.97 Å². The molecule has 0 aromatic carbocycles. The molecule has 146 valence electrons. The molecule has 27 heavy (non-hydrogen) atoms. The molecule has 1 unspecified atom stereocenters. The summed E-state index contributed by atoms with van der Waals surface area (Å²) in [5.41, 5.74) is -0.937. The second-order valence-corrected chi connectivity index (χ2v) is 6.59. The molecule has 7 nitrogen and oxygen atoms in total. The highest BCUT2D eigenvalue weighted by Crippen LogP contribution is 2.30. The van der Waals surface area contributed by atoms with Gasteiger partial charge in [0.25, 0.3) is 0 Å². The Hall–Kier alpha value is -2.65. The van der Waals surface area contributed by atoms with E-state index in [4.69, 9.17) is 0 Å². The van der Waals surface area contributed by atoms with Gasteiger partial charge in [-0.2, -0.15) is 18.3 Å². The molecule has 3 heterocycles. The molecule has 1 saturated heterocycles. The van der Waals surface area contributed by atoms with Crippen molar-refractivity contribution >= 4 is 11.7 Å². The van der Waals surface area contributed by atoms with E-state index in [-0.39, 0.29) is 23.6 Å². The number of carbonyl (C=O) groups is 1. The molecule has 1 amide bonds. The number of aromatic nitrogens is 4. The number of alkyl halides is 3. The number of carbonyl (C=O) groups excluding carboxylic acids is 1. The van der Waals surface area contributed by atoms with E-state index in [0.717, 1.165) is 6.07 Å². The normalized spacial score (nSPS) is 17.0. The Balaban J connectivity index is 1.59. The fourth-order valence-electron chi connectivity index (χ4n) is 3.06. The van der Waals surface area contributed by atoms with Crippen LogP contribution in [0.2, 0.25) is 0 Å². The van der Waals surface area contributed by atoms with E-state index in [1.165, 1.54) is 6.92 Å². The number of halogens is 3. The summed E-state index contributed by atoms with van der Waals surface area (Å²) in [7, 11) is 0. The van der Waals surface area contributed by atoms with Crippen LogP contribution in [0.25, 0.3) is 0 Å². The summed E-state index contributed by atoms with van der Waals surface area (Å²) in [6.07, 6.45) is 0.0883. The Morgan fingerprint density at radius 3 is 2.59 bits per heavy atom. The molecule has 0 radical (unpaired) electrons. The van der Waals surface area contributed by atoms with Crippen LogP contribution in [0.3, 0.4) is 0 Å². The Morgan fingerprint density at radius 2 is 2.00 bits per heavy atom. The van der Waals surface area contributed by atoms with Crippen LogP contribution >= 0.6 is 0 Å². The number of aryl methyl sites for hydroxylation is 1. The third-order valence-corrected chi connectivity index (χ3v) is 4.58. The van der Waals surface area contributed by atoms with Crippen molar-refractivity contribution in [3.63, 3.8) is 0 Å². The van der Waals surface area contributed by atoms with E-state index < -0.39 is 17.9 Å². The van der Waals surface area contributed by atoms with E-state index in [0.29, 0.717) is 25.9 Å². The van der Waals surface area contributed by atoms with Gasteiger partial charge in [-0.3, -0.25) is 9.48 Å². The van der Waals surface area contributed by atoms with E-state index in [2.05, 4.69) is 20.4 Å². The second kappa shape index (κ2) is 7.53. The first kappa shape index (κ1) is 19.1. The van der Waals surface area contributed by atoms with Crippen LogP contribution in [-0.2, 0) is 11.0 Å². The maximum absolute atomic E-state index is 12.9. The zero-order valence-electron chi connectivity index (χ0n) is 15.1. The molecule has 0 bridgehead atoms. The molecule has 2 aromatic heterocycles. The summed E-state index contributed by atoms with van der Waals surface area (Å²) in [5.74, 6) is 0.224. The van der Waals surface area contributed by atoms with Crippen molar-refractivity contribution in [1.29, 1.82) is 0 Å².